The molecule has 0 saturated carbocycles. The minimum absolute atomic E-state index is 0.236. The van der Waals surface area contributed by atoms with Crippen LogP contribution in [0, 0.1) is 0 Å². The second-order valence-corrected chi connectivity index (χ2v) is 8.93. The zero-order chi connectivity index (χ0) is 21.7. The molecule has 1 saturated heterocycles. The molecule has 0 bridgehead atoms. The summed E-state index contributed by atoms with van der Waals surface area (Å²) in [6.07, 6.45) is 1.46. The minimum atomic E-state index is -3.61. The van der Waals surface area contributed by atoms with E-state index < -0.39 is 10.0 Å². The van der Waals surface area contributed by atoms with Crippen molar-refractivity contribution < 1.29 is 13.2 Å². The number of hydrogen-bond donors (Lipinski definition) is 2. The van der Waals surface area contributed by atoms with Crippen molar-refractivity contribution in [2.24, 2.45) is 5.14 Å². The van der Waals surface area contributed by atoms with Crippen LogP contribution < -0.4 is 10.5 Å². The Morgan fingerprint density at radius 3 is 2.68 bits per heavy atom. The molecule has 9 nitrogen and oxygen atoms in total. The number of nitrogens with zero attached hydrogens (tertiary/aromatic N) is 4. The number of nitrogens with two attached hydrogens (primary N) is 1. The lowest BCUT2D eigenvalue weighted by Crippen LogP contribution is -2.35. The fourth-order valence-corrected chi connectivity index (χ4v) is 4.11. The van der Waals surface area contributed by atoms with Gasteiger partial charge in [-0.25, -0.2) is 23.5 Å². The number of benzene rings is 2. The van der Waals surface area contributed by atoms with E-state index in [1.807, 2.05) is 24.3 Å². The molecule has 0 radical (unpaired) electrons. The molecule has 0 unspecified atom stereocenters. The summed E-state index contributed by atoms with van der Waals surface area (Å²) in [6.45, 7) is 4.07. The van der Waals surface area contributed by atoms with E-state index in [0.29, 0.717) is 23.0 Å². The number of nitrogens with one attached hydrogen (secondary N) is 1. The number of ether oxygens (including phenoxy) is 1. The molecule has 162 valence electrons. The van der Waals surface area contributed by atoms with Crippen molar-refractivity contribution in [1.82, 2.24) is 19.9 Å². The Morgan fingerprint density at radius 2 is 1.87 bits per heavy atom. The summed E-state index contributed by atoms with van der Waals surface area (Å²) in [5.41, 5.74) is 3.33. The third-order valence-electron chi connectivity index (χ3n) is 4.88. The SMILES string of the molecule is NS(=O)(=O)Cc1cccc(Nc2ncnc(-c3ccccc3CN3CCOCC3)n2)c1. The van der Waals surface area contributed by atoms with E-state index in [-0.39, 0.29) is 5.75 Å². The van der Waals surface area contributed by atoms with Crippen LogP contribution in [-0.2, 0) is 27.1 Å². The number of morpholine rings is 1. The average molecular weight is 441 g/mol. The Balaban J connectivity index is 1.55. The van der Waals surface area contributed by atoms with Gasteiger partial charge in [0.25, 0.3) is 0 Å². The molecule has 10 heteroatoms. The molecule has 3 aromatic rings. The Morgan fingerprint density at radius 1 is 1.06 bits per heavy atom. The van der Waals surface area contributed by atoms with E-state index in [2.05, 4.69) is 31.2 Å². The van der Waals surface area contributed by atoms with Crippen molar-refractivity contribution in [3.05, 3.63) is 66.0 Å². The average Bonchev–Trinajstić information content (AvgIpc) is 2.74. The highest BCUT2D eigenvalue weighted by atomic mass is 32.2. The van der Waals surface area contributed by atoms with Gasteiger partial charge in [0.15, 0.2) is 5.82 Å². The number of primary sulfonamides is 1. The summed E-state index contributed by atoms with van der Waals surface area (Å²) in [5, 5.41) is 8.26. The quantitative estimate of drug-likeness (QED) is 0.571. The van der Waals surface area contributed by atoms with Crippen molar-refractivity contribution in [1.29, 1.82) is 0 Å². The lowest BCUT2D eigenvalue weighted by Gasteiger charge is -2.27. The second-order valence-electron chi connectivity index (χ2n) is 7.31. The summed E-state index contributed by atoms with van der Waals surface area (Å²) >= 11 is 0. The minimum Gasteiger partial charge on any atom is -0.379 e. The zero-order valence-electron chi connectivity index (χ0n) is 16.9. The van der Waals surface area contributed by atoms with Gasteiger partial charge in [-0.05, 0) is 23.3 Å². The summed E-state index contributed by atoms with van der Waals surface area (Å²) in [7, 11) is -3.61. The topological polar surface area (TPSA) is 123 Å². The van der Waals surface area contributed by atoms with Gasteiger partial charge in [0.2, 0.25) is 16.0 Å². The number of hydrogen-bond acceptors (Lipinski definition) is 8. The summed E-state index contributed by atoms with van der Waals surface area (Å²) in [5.74, 6) is 0.709. The van der Waals surface area contributed by atoms with Gasteiger partial charge in [-0.1, -0.05) is 36.4 Å². The summed E-state index contributed by atoms with van der Waals surface area (Å²) in [4.78, 5) is 15.5. The van der Waals surface area contributed by atoms with Gasteiger partial charge >= 0.3 is 0 Å². The van der Waals surface area contributed by atoms with Crippen molar-refractivity contribution in [3.63, 3.8) is 0 Å². The van der Waals surface area contributed by atoms with Gasteiger partial charge in [-0.2, -0.15) is 4.98 Å². The van der Waals surface area contributed by atoms with Gasteiger partial charge in [0, 0.05) is 30.9 Å². The van der Waals surface area contributed by atoms with E-state index in [1.54, 1.807) is 18.2 Å². The van der Waals surface area contributed by atoms with Crippen LogP contribution in [0.4, 0.5) is 11.6 Å². The van der Waals surface area contributed by atoms with Crippen LogP contribution in [0.2, 0.25) is 0 Å². The number of aromatic nitrogens is 3. The van der Waals surface area contributed by atoms with E-state index >= 15 is 0 Å². The molecule has 0 spiro atoms. The van der Waals surface area contributed by atoms with E-state index in [0.717, 1.165) is 44.0 Å². The molecule has 31 heavy (non-hydrogen) atoms. The first-order valence-electron chi connectivity index (χ1n) is 9.90. The lowest BCUT2D eigenvalue weighted by atomic mass is 10.1. The third-order valence-corrected chi connectivity index (χ3v) is 5.61. The fraction of sp³-hybridized carbons (Fsp3) is 0.286. The van der Waals surface area contributed by atoms with E-state index in [9.17, 15) is 8.42 Å². The molecule has 0 amide bonds. The maximum atomic E-state index is 11.4. The highest BCUT2D eigenvalue weighted by Crippen LogP contribution is 2.23. The van der Waals surface area contributed by atoms with Crippen LogP contribution in [0.25, 0.3) is 11.4 Å². The van der Waals surface area contributed by atoms with Crippen LogP contribution in [0.3, 0.4) is 0 Å². The second kappa shape index (κ2) is 9.48. The molecule has 3 N–H and O–H groups in total. The fourth-order valence-electron chi connectivity index (χ4n) is 3.46. The molecule has 2 heterocycles. The predicted octanol–water partition coefficient (Wildman–Crippen LogP) is 1.90. The van der Waals surface area contributed by atoms with Crippen molar-refractivity contribution in [3.8, 4) is 11.4 Å². The molecule has 2 aromatic carbocycles. The van der Waals surface area contributed by atoms with Crippen molar-refractivity contribution in [2.45, 2.75) is 12.3 Å². The molecular weight excluding hydrogens is 416 g/mol. The standard InChI is InChI=1S/C21H24N6O3S/c22-31(28,29)14-16-4-3-6-18(12-16)25-21-24-15-23-20(26-21)19-7-2-1-5-17(19)13-27-8-10-30-11-9-27/h1-7,12,15H,8-11,13-14H2,(H2,22,28,29)(H,23,24,25,26). The van der Waals surface area contributed by atoms with E-state index in [4.69, 9.17) is 9.88 Å². The Labute approximate surface area is 181 Å². The molecule has 0 aliphatic carbocycles. The Bertz CT molecular complexity index is 1150. The van der Waals surface area contributed by atoms with Gasteiger partial charge in [-0.3, -0.25) is 4.90 Å². The van der Waals surface area contributed by atoms with Crippen LogP contribution in [0.5, 0.6) is 0 Å². The first-order chi connectivity index (χ1) is 15.0. The third kappa shape index (κ3) is 6.05. The highest BCUT2D eigenvalue weighted by Gasteiger charge is 2.15. The Hall–Kier alpha value is -2.92. The number of anilines is 2. The highest BCUT2D eigenvalue weighted by molar-refractivity contribution is 7.88. The maximum Gasteiger partial charge on any atom is 0.230 e. The molecule has 1 aliphatic rings. The normalized spacial score (nSPS) is 15.0. The molecular formula is C21H24N6O3S. The van der Waals surface area contributed by atoms with Crippen LogP contribution in [0.1, 0.15) is 11.1 Å². The molecule has 1 fully saturated rings. The van der Waals surface area contributed by atoms with Crippen LogP contribution in [-0.4, -0.2) is 54.6 Å². The number of sulfonamides is 1. The molecule has 1 aliphatic heterocycles. The van der Waals surface area contributed by atoms with Gasteiger partial charge in [-0.15, -0.1) is 0 Å². The first-order valence-corrected chi connectivity index (χ1v) is 11.6. The van der Waals surface area contributed by atoms with Crippen LogP contribution >= 0.6 is 0 Å². The maximum absolute atomic E-state index is 11.4. The van der Waals surface area contributed by atoms with E-state index in [1.165, 1.54) is 6.33 Å². The van der Waals surface area contributed by atoms with Gasteiger partial charge < -0.3 is 10.1 Å². The molecule has 0 atom stereocenters. The van der Waals surface area contributed by atoms with Gasteiger partial charge in [0.05, 0.1) is 19.0 Å². The molecule has 4 rings (SSSR count). The van der Waals surface area contributed by atoms with Crippen molar-refractivity contribution in [2.75, 3.05) is 31.6 Å². The smallest absolute Gasteiger partial charge is 0.230 e. The first kappa shape index (κ1) is 21.3. The summed E-state index contributed by atoms with van der Waals surface area (Å²) in [6, 6.07) is 15.0. The monoisotopic (exact) mass is 440 g/mol. The molecule has 1 aromatic heterocycles. The van der Waals surface area contributed by atoms with Crippen molar-refractivity contribution >= 4 is 21.7 Å². The number of rotatable bonds is 7. The summed E-state index contributed by atoms with van der Waals surface area (Å²) < 4.78 is 28.2. The van der Waals surface area contributed by atoms with Gasteiger partial charge in [0.1, 0.15) is 6.33 Å². The predicted molar refractivity (Wildman–Crippen MR) is 118 cm³/mol. The lowest BCUT2D eigenvalue weighted by molar-refractivity contribution is 0.0342. The zero-order valence-corrected chi connectivity index (χ0v) is 17.8. The Kier molecular flexibility index (Phi) is 6.52. The largest absolute Gasteiger partial charge is 0.379 e. The van der Waals surface area contributed by atoms with Crippen LogP contribution in [0.15, 0.2) is 54.9 Å².